The summed E-state index contributed by atoms with van der Waals surface area (Å²) >= 11 is 0. The smallest absolute Gasteiger partial charge is 0.330 e. The molecular weight excluding hydrogens is 310 g/mol. The summed E-state index contributed by atoms with van der Waals surface area (Å²) in [4.78, 5) is 39.4. The van der Waals surface area contributed by atoms with Crippen molar-refractivity contribution < 1.29 is 9.53 Å². The first-order valence-corrected chi connectivity index (χ1v) is 7.40. The molecule has 0 saturated heterocycles. The molecule has 0 spiro atoms. The molecule has 0 aliphatic heterocycles. The third-order valence-corrected chi connectivity index (χ3v) is 3.83. The number of benzene rings is 1. The summed E-state index contributed by atoms with van der Waals surface area (Å²) in [7, 11) is 8.09. The lowest BCUT2D eigenvalue weighted by Crippen LogP contribution is -2.43. The van der Waals surface area contributed by atoms with Crippen LogP contribution in [0.3, 0.4) is 0 Å². The predicted octanol–water partition coefficient (Wildman–Crippen LogP) is 0.385. The summed E-state index contributed by atoms with van der Waals surface area (Å²) in [5.41, 5.74) is -0.266. The molecule has 0 fully saturated rings. The molecule has 0 atom stereocenters. The van der Waals surface area contributed by atoms with Gasteiger partial charge in [0, 0.05) is 26.2 Å². The average Bonchev–Trinajstić information content (AvgIpc) is 2.57. The molecule has 1 aromatic carbocycles. The second-order valence-electron chi connectivity index (χ2n) is 5.82. The Morgan fingerprint density at radius 2 is 1.67 bits per heavy atom. The zero-order chi connectivity index (χ0) is 18.0. The van der Waals surface area contributed by atoms with Gasteiger partial charge in [0.15, 0.2) is 5.78 Å². The van der Waals surface area contributed by atoms with Crippen LogP contribution in [0, 0.1) is 0 Å². The quantitative estimate of drug-likeness (QED) is 0.741. The summed E-state index contributed by atoms with van der Waals surface area (Å²) in [5.74, 6) is 0.208. The van der Waals surface area contributed by atoms with Gasteiger partial charge < -0.3 is 9.64 Å². The van der Waals surface area contributed by atoms with E-state index in [1.165, 1.54) is 18.7 Å². The average molecular weight is 331 g/mol. The number of carbonyl (C=O) groups excluding carboxylic acids is 1. The van der Waals surface area contributed by atoms with Crippen LogP contribution in [0.15, 0.2) is 33.9 Å². The number of hydrogen-bond donors (Lipinski definition) is 0. The van der Waals surface area contributed by atoms with Crippen LogP contribution in [0.1, 0.15) is 21.6 Å². The van der Waals surface area contributed by atoms with Crippen molar-refractivity contribution in [3.8, 4) is 5.75 Å². The van der Waals surface area contributed by atoms with Crippen molar-refractivity contribution in [2.45, 2.75) is 6.54 Å². The SMILES string of the molecule is COc1ccc(C(=O)c2c(CN(C)C)n(C)c(=O)n(C)c2=O)cc1. The largest absolute Gasteiger partial charge is 0.497 e. The van der Waals surface area contributed by atoms with Gasteiger partial charge in [0.05, 0.1) is 12.8 Å². The molecule has 2 rings (SSSR count). The molecular formula is C17H21N3O4. The van der Waals surface area contributed by atoms with E-state index in [1.54, 1.807) is 36.2 Å². The van der Waals surface area contributed by atoms with E-state index in [1.807, 2.05) is 14.1 Å². The Morgan fingerprint density at radius 3 is 2.17 bits per heavy atom. The highest BCUT2D eigenvalue weighted by molar-refractivity contribution is 6.09. The molecule has 7 nitrogen and oxygen atoms in total. The summed E-state index contributed by atoms with van der Waals surface area (Å²) in [6.45, 7) is 0.305. The van der Waals surface area contributed by atoms with Crippen LogP contribution in [0.5, 0.6) is 5.75 Å². The van der Waals surface area contributed by atoms with Crippen molar-refractivity contribution in [1.82, 2.24) is 14.0 Å². The number of carbonyl (C=O) groups is 1. The van der Waals surface area contributed by atoms with Gasteiger partial charge in [-0.2, -0.15) is 0 Å². The van der Waals surface area contributed by atoms with Gasteiger partial charge in [-0.1, -0.05) is 0 Å². The van der Waals surface area contributed by atoms with Gasteiger partial charge in [-0.15, -0.1) is 0 Å². The summed E-state index contributed by atoms with van der Waals surface area (Å²) < 4.78 is 7.38. The Morgan fingerprint density at radius 1 is 1.08 bits per heavy atom. The standard InChI is InChI=1S/C17H21N3O4/c1-18(2)10-13-14(16(22)20(4)17(23)19(13)3)15(21)11-6-8-12(24-5)9-7-11/h6-9H,10H2,1-5H3. The van der Waals surface area contributed by atoms with Crippen molar-refractivity contribution >= 4 is 5.78 Å². The lowest BCUT2D eigenvalue weighted by molar-refractivity contribution is 0.103. The van der Waals surface area contributed by atoms with E-state index in [-0.39, 0.29) is 5.56 Å². The molecule has 7 heteroatoms. The van der Waals surface area contributed by atoms with Crippen LogP contribution in [0.2, 0.25) is 0 Å². The van der Waals surface area contributed by atoms with Crippen molar-refractivity contribution in [2.75, 3.05) is 21.2 Å². The topological polar surface area (TPSA) is 73.5 Å². The molecule has 1 aromatic heterocycles. The molecule has 24 heavy (non-hydrogen) atoms. The van der Waals surface area contributed by atoms with Gasteiger partial charge in [-0.25, -0.2) is 4.79 Å². The fourth-order valence-corrected chi connectivity index (χ4v) is 2.49. The van der Waals surface area contributed by atoms with E-state index in [2.05, 4.69) is 0 Å². The maximum Gasteiger partial charge on any atom is 0.330 e. The molecule has 0 bridgehead atoms. The molecule has 0 amide bonds. The number of methoxy groups -OCH3 is 1. The molecule has 128 valence electrons. The van der Waals surface area contributed by atoms with Gasteiger partial charge in [0.2, 0.25) is 0 Å². The second kappa shape index (κ2) is 6.84. The van der Waals surface area contributed by atoms with Gasteiger partial charge in [0.25, 0.3) is 5.56 Å². The van der Waals surface area contributed by atoms with Crippen LogP contribution in [-0.2, 0) is 20.6 Å². The highest BCUT2D eigenvalue weighted by atomic mass is 16.5. The Hall–Kier alpha value is -2.67. The zero-order valence-electron chi connectivity index (χ0n) is 14.5. The van der Waals surface area contributed by atoms with Crippen molar-refractivity contribution in [3.05, 3.63) is 61.9 Å². The van der Waals surface area contributed by atoms with Gasteiger partial charge in [0.1, 0.15) is 11.3 Å². The molecule has 1 heterocycles. The van der Waals surface area contributed by atoms with E-state index in [4.69, 9.17) is 4.74 Å². The van der Waals surface area contributed by atoms with Crippen LogP contribution in [0.4, 0.5) is 0 Å². The fourth-order valence-electron chi connectivity index (χ4n) is 2.49. The van der Waals surface area contributed by atoms with Crippen LogP contribution in [-0.4, -0.2) is 41.0 Å². The third kappa shape index (κ3) is 3.16. The van der Waals surface area contributed by atoms with Crippen LogP contribution < -0.4 is 16.0 Å². The fraction of sp³-hybridized carbons (Fsp3) is 0.353. The molecule has 0 unspecified atom stereocenters. The minimum absolute atomic E-state index is 0.0125. The van der Waals surface area contributed by atoms with Crippen LogP contribution in [0.25, 0.3) is 0 Å². The van der Waals surface area contributed by atoms with Gasteiger partial charge in [-0.3, -0.25) is 18.7 Å². The first-order valence-electron chi connectivity index (χ1n) is 7.40. The summed E-state index contributed by atoms with van der Waals surface area (Å²) in [6, 6.07) is 6.52. The Labute approximate surface area is 139 Å². The van der Waals surface area contributed by atoms with Crippen molar-refractivity contribution in [1.29, 1.82) is 0 Å². The van der Waals surface area contributed by atoms with Crippen molar-refractivity contribution in [3.63, 3.8) is 0 Å². The maximum atomic E-state index is 12.9. The van der Waals surface area contributed by atoms with Gasteiger partial charge >= 0.3 is 5.69 Å². The lowest BCUT2D eigenvalue weighted by Gasteiger charge is -2.17. The van der Waals surface area contributed by atoms with E-state index < -0.39 is 17.0 Å². The number of aromatic nitrogens is 2. The number of ketones is 1. The number of ether oxygens (including phenoxy) is 1. The molecule has 0 radical (unpaired) electrons. The first kappa shape index (κ1) is 17.7. The molecule has 0 aliphatic carbocycles. The Kier molecular flexibility index (Phi) is 5.04. The molecule has 0 aliphatic rings. The normalized spacial score (nSPS) is 10.9. The molecule has 0 saturated carbocycles. The zero-order valence-corrected chi connectivity index (χ0v) is 14.5. The number of rotatable bonds is 5. The summed E-state index contributed by atoms with van der Waals surface area (Å²) in [5, 5.41) is 0. The monoisotopic (exact) mass is 331 g/mol. The Balaban J connectivity index is 2.68. The predicted molar refractivity (Wildman–Crippen MR) is 90.7 cm³/mol. The number of hydrogen-bond acceptors (Lipinski definition) is 5. The second-order valence-corrected chi connectivity index (χ2v) is 5.82. The van der Waals surface area contributed by atoms with E-state index in [9.17, 15) is 14.4 Å². The highest BCUT2D eigenvalue weighted by Gasteiger charge is 2.23. The van der Waals surface area contributed by atoms with Crippen LogP contribution >= 0.6 is 0 Å². The highest BCUT2D eigenvalue weighted by Crippen LogP contribution is 2.15. The minimum atomic E-state index is -0.587. The lowest BCUT2D eigenvalue weighted by atomic mass is 10.0. The van der Waals surface area contributed by atoms with E-state index in [0.29, 0.717) is 23.6 Å². The molecule has 0 N–H and O–H groups in total. The van der Waals surface area contributed by atoms with Crippen molar-refractivity contribution in [2.24, 2.45) is 14.1 Å². The first-order chi connectivity index (χ1) is 11.3. The van der Waals surface area contributed by atoms with E-state index in [0.717, 1.165) is 4.57 Å². The Bertz CT molecular complexity index is 876. The molecule has 2 aromatic rings. The van der Waals surface area contributed by atoms with E-state index >= 15 is 0 Å². The minimum Gasteiger partial charge on any atom is -0.497 e. The third-order valence-electron chi connectivity index (χ3n) is 3.83. The number of nitrogens with zero attached hydrogens (tertiary/aromatic N) is 3. The maximum absolute atomic E-state index is 12.9. The summed E-state index contributed by atoms with van der Waals surface area (Å²) in [6.07, 6.45) is 0. The van der Waals surface area contributed by atoms with Gasteiger partial charge in [-0.05, 0) is 38.4 Å².